The lowest BCUT2D eigenvalue weighted by molar-refractivity contribution is -0.116. The van der Waals surface area contributed by atoms with Crippen LogP contribution in [-0.4, -0.2) is 5.91 Å². The molecule has 0 radical (unpaired) electrons. The van der Waals surface area contributed by atoms with Crippen molar-refractivity contribution in [2.45, 2.75) is 19.3 Å². The molecular weight excluding hydrogens is 258 g/mol. The summed E-state index contributed by atoms with van der Waals surface area (Å²) in [6.45, 7) is 2.02. The van der Waals surface area contributed by atoms with E-state index in [1.165, 1.54) is 0 Å². The number of fused-ring (bicyclic) bond motifs is 1. The van der Waals surface area contributed by atoms with Crippen LogP contribution >= 0.6 is 11.6 Å². The van der Waals surface area contributed by atoms with Crippen LogP contribution in [0.2, 0.25) is 5.02 Å². The minimum atomic E-state index is 0.0584. The second kappa shape index (κ2) is 4.71. The Labute approximate surface area is 117 Å². The molecule has 1 aliphatic rings. The van der Waals surface area contributed by atoms with Crippen molar-refractivity contribution in [2.75, 3.05) is 5.32 Å². The second-order valence-electron chi connectivity index (χ2n) is 4.95. The van der Waals surface area contributed by atoms with Gasteiger partial charge in [0.25, 0.3) is 0 Å². The highest BCUT2D eigenvalue weighted by Gasteiger charge is 2.26. The number of rotatable bonds is 1. The predicted molar refractivity (Wildman–Crippen MR) is 77.7 cm³/mol. The fourth-order valence-corrected chi connectivity index (χ4v) is 2.80. The number of carbonyl (C=O) groups is 1. The van der Waals surface area contributed by atoms with Crippen LogP contribution < -0.4 is 5.32 Å². The Balaban J connectivity index is 2.11. The molecule has 0 saturated carbocycles. The van der Waals surface area contributed by atoms with Crippen LogP contribution in [0.3, 0.4) is 0 Å². The molecule has 19 heavy (non-hydrogen) atoms. The first kappa shape index (κ1) is 12.2. The zero-order valence-corrected chi connectivity index (χ0v) is 11.4. The molecule has 1 aliphatic heterocycles. The lowest BCUT2D eigenvalue weighted by atomic mass is 9.84. The second-order valence-corrected chi connectivity index (χ2v) is 5.39. The summed E-state index contributed by atoms with van der Waals surface area (Å²) in [6, 6.07) is 13.9. The van der Waals surface area contributed by atoms with E-state index in [4.69, 9.17) is 11.6 Å². The van der Waals surface area contributed by atoms with Crippen LogP contribution in [-0.2, 0) is 4.79 Å². The third-order valence-electron chi connectivity index (χ3n) is 3.50. The Kier molecular flexibility index (Phi) is 3.03. The molecule has 0 saturated heterocycles. The molecule has 1 heterocycles. The van der Waals surface area contributed by atoms with Gasteiger partial charge in [0.15, 0.2) is 0 Å². The van der Waals surface area contributed by atoms with Crippen LogP contribution in [0, 0.1) is 6.92 Å². The zero-order valence-electron chi connectivity index (χ0n) is 10.6. The van der Waals surface area contributed by atoms with E-state index < -0.39 is 0 Å². The molecule has 0 aromatic heterocycles. The van der Waals surface area contributed by atoms with Crippen LogP contribution in [0.5, 0.6) is 0 Å². The Hall–Kier alpha value is -1.80. The lowest BCUT2D eigenvalue weighted by Gasteiger charge is -2.26. The first-order valence-corrected chi connectivity index (χ1v) is 6.67. The summed E-state index contributed by atoms with van der Waals surface area (Å²) in [5.41, 5.74) is 4.31. The summed E-state index contributed by atoms with van der Waals surface area (Å²) in [6.07, 6.45) is 0.469. The summed E-state index contributed by atoms with van der Waals surface area (Å²) in [4.78, 5) is 11.9. The van der Waals surface area contributed by atoms with Gasteiger partial charge in [0.05, 0.1) is 0 Å². The number of nitrogens with one attached hydrogen (secondary N) is 1. The minimum absolute atomic E-state index is 0.0584. The number of amides is 1. The van der Waals surface area contributed by atoms with Crippen molar-refractivity contribution in [1.82, 2.24) is 0 Å². The molecule has 3 heteroatoms. The van der Waals surface area contributed by atoms with E-state index in [0.29, 0.717) is 11.4 Å². The van der Waals surface area contributed by atoms with Crippen molar-refractivity contribution in [2.24, 2.45) is 0 Å². The van der Waals surface area contributed by atoms with Gasteiger partial charge in [-0.3, -0.25) is 4.79 Å². The van der Waals surface area contributed by atoms with Crippen LogP contribution in [0.4, 0.5) is 5.69 Å². The maximum Gasteiger partial charge on any atom is 0.225 e. The normalized spacial score (nSPS) is 17.8. The summed E-state index contributed by atoms with van der Waals surface area (Å²) in [5.74, 6) is 0.145. The van der Waals surface area contributed by atoms with E-state index in [1.54, 1.807) is 0 Å². The van der Waals surface area contributed by atoms with E-state index in [2.05, 4.69) is 17.4 Å². The zero-order chi connectivity index (χ0) is 13.4. The van der Waals surface area contributed by atoms with Gasteiger partial charge < -0.3 is 5.32 Å². The molecule has 2 aromatic carbocycles. The van der Waals surface area contributed by atoms with Crippen LogP contribution in [0.15, 0.2) is 42.5 Å². The third kappa shape index (κ3) is 2.36. The maximum absolute atomic E-state index is 11.9. The highest BCUT2D eigenvalue weighted by atomic mass is 35.5. The molecule has 0 fully saturated rings. The molecule has 2 aromatic rings. The molecular formula is C16H14ClNO. The number of carbonyl (C=O) groups excluding carboxylic acids is 1. The standard InChI is InChI=1S/C16H14ClNO/c1-10-5-6-13-14(9-16(19)18-15(13)7-10)11-3-2-4-12(17)8-11/h2-8,14H,9H2,1H3,(H,18,19). The van der Waals surface area contributed by atoms with Crippen molar-refractivity contribution < 1.29 is 4.79 Å². The number of anilines is 1. The van der Waals surface area contributed by atoms with E-state index in [9.17, 15) is 4.79 Å². The molecule has 1 N–H and O–H groups in total. The molecule has 0 bridgehead atoms. The Morgan fingerprint density at radius 3 is 2.84 bits per heavy atom. The molecule has 96 valence electrons. The molecule has 0 spiro atoms. The van der Waals surface area contributed by atoms with Gasteiger partial charge >= 0.3 is 0 Å². The molecule has 0 aliphatic carbocycles. The molecule has 1 amide bonds. The summed E-state index contributed by atoms with van der Waals surface area (Å²) >= 11 is 6.05. The summed E-state index contributed by atoms with van der Waals surface area (Å²) in [7, 11) is 0. The fourth-order valence-electron chi connectivity index (χ4n) is 2.60. The average molecular weight is 272 g/mol. The van der Waals surface area contributed by atoms with Crippen molar-refractivity contribution in [3.63, 3.8) is 0 Å². The van der Waals surface area contributed by atoms with Crippen molar-refractivity contribution in [3.8, 4) is 0 Å². The number of benzene rings is 2. The largest absolute Gasteiger partial charge is 0.326 e. The SMILES string of the molecule is Cc1ccc2c(c1)NC(=O)CC2c1cccc(Cl)c1. The fraction of sp³-hybridized carbons (Fsp3) is 0.188. The van der Waals surface area contributed by atoms with Crippen molar-refractivity contribution in [1.29, 1.82) is 0 Å². The summed E-state index contributed by atoms with van der Waals surface area (Å²) < 4.78 is 0. The Morgan fingerprint density at radius 2 is 2.05 bits per heavy atom. The first-order chi connectivity index (χ1) is 9.13. The molecule has 1 atom stereocenters. The lowest BCUT2D eigenvalue weighted by Crippen LogP contribution is -2.23. The van der Waals surface area contributed by atoms with E-state index in [0.717, 1.165) is 22.4 Å². The maximum atomic E-state index is 11.9. The smallest absolute Gasteiger partial charge is 0.225 e. The highest BCUT2D eigenvalue weighted by molar-refractivity contribution is 6.30. The molecule has 1 unspecified atom stereocenters. The van der Waals surface area contributed by atoms with Crippen LogP contribution in [0.25, 0.3) is 0 Å². The Morgan fingerprint density at radius 1 is 1.21 bits per heavy atom. The van der Waals surface area contributed by atoms with Gasteiger partial charge in [-0.1, -0.05) is 35.9 Å². The third-order valence-corrected chi connectivity index (χ3v) is 3.73. The predicted octanol–water partition coefficient (Wildman–Crippen LogP) is 4.12. The van der Waals surface area contributed by atoms with Gasteiger partial charge in [-0.15, -0.1) is 0 Å². The topological polar surface area (TPSA) is 29.1 Å². The van der Waals surface area contributed by atoms with E-state index in [-0.39, 0.29) is 11.8 Å². The number of aryl methyl sites for hydroxylation is 1. The quantitative estimate of drug-likeness (QED) is 0.830. The number of hydrogen-bond donors (Lipinski definition) is 1. The van der Waals surface area contributed by atoms with Gasteiger partial charge in [0.1, 0.15) is 0 Å². The highest BCUT2D eigenvalue weighted by Crippen LogP contribution is 2.37. The monoisotopic (exact) mass is 271 g/mol. The van der Waals surface area contributed by atoms with Crippen molar-refractivity contribution in [3.05, 3.63) is 64.2 Å². The average Bonchev–Trinajstić information content (AvgIpc) is 2.37. The molecule has 3 rings (SSSR count). The number of hydrogen-bond acceptors (Lipinski definition) is 1. The van der Waals surface area contributed by atoms with Crippen molar-refractivity contribution >= 4 is 23.2 Å². The van der Waals surface area contributed by atoms with Gasteiger partial charge in [-0.25, -0.2) is 0 Å². The van der Waals surface area contributed by atoms with E-state index in [1.807, 2.05) is 37.3 Å². The summed E-state index contributed by atoms with van der Waals surface area (Å²) in [5, 5.41) is 3.65. The van der Waals surface area contributed by atoms with Gasteiger partial charge in [0.2, 0.25) is 5.91 Å². The van der Waals surface area contributed by atoms with Gasteiger partial charge in [-0.05, 0) is 41.8 Å². The Bertz CT molecular complexity index is 651. The van der Waals surface area contributed by atoms with Crippen LogP contribution in [0.1, 0.15) is 29.0 Å². The number of halogens is 1. The van der Waals surface area contributed by atoms with Gasteiger partial charge in [0, 0.05) is 23.0 Å². The van der Waals surface area contributed by atoms with E-state index >= 15 is 0 Å². The molecule has 2 nitrogen and oxygen atoms in total. The van der Waals surface area contributed by atoms with Gasteiger partial charge in [-0.2, -0.15) is 0 Å². The minimum Gasteiger partial charge on any atom is -0.326 e. The first-order valence-electron chi connectivity index (χ1n) is 6.29.